The van der Waals surface area contributed by atoms with Gasteiger partial charge in [-0.25, -0.2) is 0 Å². The molecule has 3 rings (SSSR count). The van der Waals surface area contributed by atoms with Crippen LogP contribution in [0.3, 0.4) is 0 Å². The number of fused-ring (bicyclic) bond motifs is 1. The van der Waals surface area contributed by atoms with Gasteiger partial charge in [0, 0.05) is 12.3 Å². The second-order valence-corrected chi connectivity index (χ2v) is 6.80. The van der Waals surface area contributed by atoms with Crippen LogP contribution in [0.2, 0.25) is 0 Å². The van der Waals surface area contributed by atoms with Gasteiger partial charge in [0.2, 0.25) is 6.29 Å². The van der Waals surface area contributed by atoms with Crippen LogP contribution in [0.4, 0.5) is 0 Å². The molecule has 0 aromatic rings. The molecule has 144 valence electrons. The second kappa shape index (κ2) is 7.06. The molecule has 0 spiro atoms. The third kappa shape index (κ3) is 3.18. The minimum Gasteiger partial charge on any atom is -0.472 e. The van der Waals surface area contributed by atoms with Crippen LogP contribution in [-0.4, -0.2) is 97.7 Å². The topological polar surface area (TPSA) is 169 Å². The molecule has 2 fully saturated rings. The van der Waals surface area contributed by atoms with Crippen molar-refractivity contribution in [3.8, 4) is 0 Å². The number of aliphatic hydroxyl groups excluding tert-OH is 6. The number of ether oxygens (including phenoxy) is 3. The van der Waals surface area contributed by atoms with E-state index in [4.69, 9.17) is 14.2 Å². The van der Waals surface area contributed by atoms with Crippen LogP contribution in [0, 0.1) is 11.8 Å². The summed E-state index contributed by atoms with van der Waals surface area (Å²) in [7, 11) is 0. The molecule has 1 aliphatic carbocycles. The summed E-state index contributed by atoms with van der Waals surface area (Å²) in [6.07, 6.45) is -6.72. The molecule has 0 aromatic heterocycles. The lowest BCUT2D eigenvalue weighted by molar-refractivity contribution is -0.347. The van der Waals surface area contributed by atoms with Gasteiger partial charge in [-0.05, 0) is 6.08 Å². The zero-order valence-electron chi connectivity index (χ0n) is 13.3. The van der Waals surface area contributed by atoms with Gasteiger partial charge in [0.15, 0.2) is 6.29 Å². The molecular formula is C15H24O10. The minimum absolute atomic E-state index is 0.0823. The normalized spacial score (nSPS) is 52.7. The van der Waals surface area contributed by atoms with Gasteiger partial charge in [-0.2, -0.15) is 0 Å². The fraction of sp³-hybridized carbons (Fsp3) is 0.867. The van der Waals surface area contributed by atoms with Gasteiger partial charge in [0.25, 0.3) is 0 Å². The fourth-order valence-electron chi connectivity index (χ4n) is 3.81. The van der Waals surface area contributed by atoms with Gasteiger partial charge in [-0.3, -0.25) is 0 Å². The molecule has 2 aliphatic heterocycles. The van der Waals surface area contributed by atoms with Crippen LogP contribution in [0.5, 0.6) is 0 Å². The smallest absolute Gasteiger partial charge is 0.208 e. The Balaban J connectivity index is 1.78. The first kappa shape index (κ1) is 19.0. The summed E-state index contributed by atoms with van der Waals surface area (Å²) in [5, 5.41) is 69.1. The Hall–Kier alpha value is -0.820. The molecule has 0 aromatic carbocycles. The van der Waals surface area contributed by atoms with E-state index >= 15 is 0 Å². The number of hydrogen-bond acceptors (Lipinski definition) is 10. The van der Waals surface area contributed by atoms with Crippen LogP contribution in [0.1, 0.15) is 6.42 Å². The molecule has 2 heterocycles. The van der Waals surface area contributed by atoms with Crippen LogP contribution in [-0.2, 0) is 14.2 Å². The SMILES string of the molecule is OCC1OC(OC2OC=CC3C(O)CC(O)(CO)C23)C(O)C(O)C1O. The molecule has 7 N–H and O–H groups in total. The maximum Gasteiger partial charge on any atom is 0.208 e. The Morgan fingerprint density at radius 3 is 2.40 bits per heavy atom. The van der Waals surface area contributed by atoms with E-state index in [1.54, 1.807) is 6.08 Å². The molecule has 25 heavy (non-hydrogen) atoms. The first-order valence-corrected chi connectivity index (χ1v) is 8.12. The predicted octanol–water partition coefficient (Wildman–Crippen LogP) is -3.61. The first-order valence-electron chi connectivity index (χ1n) is 8.12. The van der Waals surface area contributed by atoms with Gasteiger partial charge in [-0.1, -0.05) is 0 Å². The van der Waals surface area contributed by atoms with Crippen molar-refractivity contribution < 1.29 is 50.0 Å². The molecule has 10 nitrogen and oxygen atoms in total. The summed E-state index contributed by atoms with van der Waals surface area (Å²) in [4.78, 5) is 0. The van der Waals surface area contributed by atoms with Crippen molar-refractivity contribution in [2.45, 2.75) is 55.1 Å². The minimum atomic E-state index is -1.66. The molecule has 0 bridgehead atoms. The summed E-state index contributed by atoms with van der Waals surface area (Å²) < 4.78 is 16.1. The molecule has 0 radical (unpaired) electrons. The van der Waals surface area contributed by atoms with E-state index in [0.717, 1.165) is 0 Å². The van der Waals surface area contributed by atoms with E-state index < -0.39 is 73.8 Å². The average molecular weight is 364 g/mol. The van der Waals surface area contributed by atoms with Crippen molar-refractivity contribution in [3.63, 3.8) is 0 Å². The van der Waals surface area contributed by atoms with Crippen molar-refractivity contribution in [3.05, 3.63) is 12.3 Å². The maximum absolute atomic E-state index is 10.6. The lowest BCUT2D eigenvalue weighted by Crippen LogP contribution is -2.60. The third-order valence-corrected chi connectivity index (χ3v) is 5.24. The highest BCUT2D eigenvalue weighted by atomic mass is 16.8. The van der Waals surface area contributed by atoms with Crippen LogP contribution >= 0.6 is 0 Å². The first-order chi connectivity index (χ1) is 11.8. The largest absolute Gasteiger partial charge is 0.472 e. The van der Waals surface area contributed by atoms with Crippen molar-refractivity contribution >= 4 is 0 Å². The van der Waals surface area contributed by atoms with Crippen LogP contribution in [0.15, 0.2) is 12.3 Å². The monoisotopic (exact) mass is 364 g/mol. The highest BCUT2D eigenvalue weighted by Gasteiger charge is 2.58. The van der Waals surface area contributed by atoms with E-state index in [0.29, 0.717) is 0 Å². The zero-order valence-corrected chi connectivity index (χ0v) is 13.3. The number of hydrogen-bond donors (Lipinski definition) is 7. The van der Waals surface area contributed by atoms with Crippen molar-refractivity contribution in [1.29, 1.82) is 0 Å². The Morgan fingerprint density at radius 1 is 1.04 bits per heavy atom. The third-order valence-electron chi connectivity index (χ3n) is 5.24. The highest BCUT2D eigenvalue weighted by Crippen LogP contribution is 2.46. The van der Waals surface area contributed by atoms with Gasteiger partial charge >= 0.3 is 0 Å². The summed E-state index contributed by atoms with van der Waals surface area (Å²) in [5.41, 5.74) is -1.66. The van der Waals surface area contributed by atoms with Crippen molar-refractivity contribution in [2.24, 2.45) is 11.8 Å². The summed E-state index contributed by atoms with van der Waals surface area (Å²) >= 11 is 0. The molecule has 1 saturated heterocycles. The highest BCUT2D eigenvalue weighted by molar-refractivity contribution is 5.11. The van der Waals surface area contributed by atoms with E-state index in [1.807, 2.05) is 0 Å². The van der Waals surface area contributed by atoms with Crippen molar-refractivity contribution in [2.75, 3.05) is 13.2 Å². The Kier molecular flexibility index (Phi) is 5.36. The van der Waals surface area contributed by atoms with E-state index in [2.05, 4.69) is 0 Å². The summed E-state index contributed by atoms with van der Waals surface area (Å²) in [5.74, 6) is -1.38. The Bertz CT molecular complexity index is 499. The molecule has 1 saturated carbocycles. The number of aliphatic hydroxyl groups is 7. The Morgan fingerprint density at radius 2 is 1.76 bits per heavy atom. The summed E-state index contributed by atoms with van der Waals surface area (Å²) in [6.45, 7) is -1.24. The second-order valence-electron chi connectivity index (χ2n) is 6.80. The average Bonchev–Trinajstić information content (AvgIpc) is 2.88. The number of rotatable bonds is 4. The standard InChI is InChI=1S/C15H24O10/c16-4-8-10(19)11(20)12(21)14(24-8)25-13-9-6(1-2-23-13)7(18)3-15(9,22)5-17/h1-2,6-14,16-22H,3-5H2. The lowest BCUT2D eigenvalue weighted by Gasteiger charge is -2.43. The quantitative estimate of drug-likeness (QED) is 0.264. The Labute approximate surface area is 143 Å². The predicted molar refractivity (Wildman–Crippen MR) is 78.5 cm³/mol. The van der Waals surface area contributed by atoms with E-state index in [9.17, 15) is 35.7 Å². The maximum atomic E-state index is 10.6. The van der Waals surface area contributed by atoms with E-state index in [1.165, 1.54) is 6.26 Å². The van der Waals surface area contributed by atoms with Crippen LogP contribution < -0.4 is 0 Å². The lowest BCUT2D eigenvalue weighted by atomic mass is 9.84. The van der Waals surface area contributed by atoms with Crippen molar-refractivity contribution in [1.82, 2.24) is 0 Å². The molecule has 0 amide bonds. The molecule has 10 heteroatoms. The molecule has 10 atom stereocenters. The van der Waals surface area contributed by atoms with E-state index in [-0.39, 0.29) is 6.42 Å². The molecule has 3 aliphatic rings. The van der Waals surface area contributed by atoms with Gasteiger partial charge < -0.3 is 50.0 Å². The zero-order chi connectivity index (χ0) is 18.4. The summed E-state index contributed by atoms with van der Waals surface area (Å²) in [6, 6.07) is 0. The molecular weight excluding hydrogens is 340 g/mol. The fourth-order valence-corrected chi connectivity index (χ4v) is 3.81. The molecule has 10 unspecified atom stereocenters. The van der Waals surface area contributed by atoms with Gasteiger partial charge in [-0.15, -0.1) is 0 Å². The van der Waals surface area contributed by atoms with Crippen LogP contribution in [0.25, 0.3) is 0 Å². The van der Waals surface area contributed by atoms with Gasteiger partial charge in [0.05, 0.1) is 37.1 Å². The van der Waals surface area contributed by atoms with Gasteiger partial charge in [0.1, 0.15) is 24.4 Å².